The lowest BCUT2D eigenvalue weighted by Crippen LogP contribution is -2.17. The van der Waals surface area contributed by atoms with Gasteiger partial charge in [0.1, 0.15) is 0 Å². The van der Waals surface area contributed by atoms with E-state index in [1.807, 2.05) is 6.92 Å². The topological polar surface area (TPSA) is 83.8 Å². The van der Waals surface area contributed by atoms with Crippen molar-refractivity contribution in [3.63, 3.8) is 0 Å². The molecule has 0 aliphatic carbocycles. The van der Waals surface area contributed by atoms with E-state index in [4.69, 9.17) is 4.74 Å². The highest BCUT2D eigenvalue weighted by molar-refractivity contribution is 9.10. The second-order valence-corrected chi connectivity index (χ2v) is 5.13. The Bertz CT molecular complexity index is 690. The number of hydrogen-bond acceptors (Lipinski definition) is 5. The molecular weight excluding hydrogens is 350 g/mol. The number of benzene rings is 1. The number of halogens is 1. The van der Waals surface area contributed by atoms with E-state index in [0.717, 1.165) is 4.47 Å². The summed E-state index contributed by atoms with van der Waals surface area (Å²) in [4.78, 5) is 15.6. The summed E-state index contributed by atoms with van der Waals surface area (Å²) >= 11 is 3.33. The van der Waals surface area contributed by atoms with Gasteiger partial charge in [0.25, 0.3) is 5.91 Å². The number of aromatic hydroxyl groups is 1. The monoisotopic (exact) mass is 363 g/mol. The second-order valence-electron chi connectivity index (χ2n) is 4.21. The van der Waals surface area contributed by atoms with Crippen molar-refractivity contribution in [2.45, 2.75) is 6.92 Å². The molecule has 0 spiro atoms. The number of carbonyl (C=O) groups is 1. The third kappa shape index (κ3) is 4.05. The van der Waals surface area contributed by atoms with Gasteiger partial charge < -0.3 is 9.84 Å². The number of carbonyl (C=O) groups excluding carboxylic acids is 1. The average molecular weight is 364 g/mol. The molecule has 0 unspecified atom stereocenters. The quantitative estimate of drug-likeness (QED) is 0.631. The standard InChI is InChI=1S/C15H14BrN3O3/c1-2-22-13-8-12(16)7-11(14(13)20)9-18-19-15(21)10-3-5-17-6-4-10/h3-9,20H,2H2,1H3,(H,19,21)/b18-9+. The molecule has 0 atom stereocenters. The smallest absolute Gasteiger partial charge is 0.271 e. The number of nitrogens with one attached hydrogen (secondary N) is 1. The molecule has 6 nitrogen and oxygen atoms in total. The Morgan fingerprint density at radius 3 is 2.86 bits per heavy atom. The van der Waals surface area contributed by atoms with Gasteiger partial charge in [-0.1, -0.05) is 15.9 Å². The Hall–Kier alpha value is -2.41. The molecule has 114 valence electrons. The van der Waals surface area contributed by atoms with Crippen molar-refractivity contribution in [1.82, 2.24) is 10.4 Å². The summed E-state index contributed by atoms with van der Waals surface area (Å²) in [6, 6.07) is 6.48. The molecule has 0 aliphatic rings. The van der Waals surface area contributed by atoms with Crippen LogP contribution in [0, 0.1) is 0 Å². The first kappa shape index (κ1) is 16.0. The summed E-state index contributed by atoms with van der Waals surface area (Å²) < 4.78 is 6.05. The van der Waals surface area contributed by atoms with E-state index in [9.17, 15) is 9.90 Å². The number of phenols is 1. The van der Waals surface area contributed by atoms with Crippen LogP contribution in [0.1, 0.15) is 22.8 Å². The molecule has 0 bridgehead atoms. The number of amides is 1. The molecule has 1 aromatic heterocycles. The van der Waals surface area contributed by atoms with Gasteiger partial charge >= 0.3 is 0 Å². The van der Waals surface area contributed by atoms with Gasteiger partial charge in [-0.25, -0.2) is 5.43 Å². The van der Waals surface area contributed by atoms with E-state index in [2.05, 4.69) is 31.4 Å². The first-order valence-corrected chi connectivity index (χ1v) is 7.30. The molecule has 2 N–H and O–H groups in total. The van der Waals surface area contributed by atoms with Crippen LogP contribution in [-0.2, 0) is 0 Å². The third-order valence-electron chi connectivity index (χ3n) is 2.68. The summed E-state index contributed by atoms with van der Waals surface area (Å²) in [6.07, 6.45) is 4.39. The van der Waals surface area contributed by atoms with E-state index in [0.29, 0.717) is 23.5 Å². The lowest BCUT2D eigenvalue weighted by Gasteiger charge is -2.08. The summed E-state index contributed by atoms with van der Waals surface area (Å²) in [5.41, 5.74) is 3.25. The van der Waals surface area contributed by atoms with Crippen molar-refractivity contribution < 1.29 is 14.6 Å². The van der Waals surface area contributed by atoms with Crippen LogP contribution in [0.15, 0.2) is 46.2 Å². The van der Waals surface area contributed by atoms with Crippen LogP contribution in [0.25, 0.3) is 0 Å². The molecule has 1 heterocycles. The highest BCUT2D eigenvalue weighted by atomic mass is 79.9. The largest absolute Gasteiger partial charge is 0.504 e. The minimum Gasteiger partial charge on any atom is -0.504 e. The van der Waals surface area contributed by atoms with Crippen LogP contribution >= 0.6 is 15.9 Å². The predicted octanol–water partition coefficient (Wildman–Crippen LogP) is 2.71. The Kier molecular flexibility index (Phi) is 5.48. The number of hydrogen-bond donors (Lipinski definition) is 2. The number of nitrogens with zero attached hydrogens (tertiary/aromatic N) is 2. The fraction of sp³-hybridized carbons (Fsp3) is 0.133. The van der Waals surface area contributed by atoms with Crippen LogP contribution in [-0.4, -0.2) is 28.8 Å². The number of ether oxygens (including phenoxy) is 1. The molecule has 1 aromatic carbocycles. The predicted molar refractivity (Wildman–Crippen MR) is 86.3 cm³/mol. The minimum atomic E-state index is -0.363. The van der Waals surface area contributed by atoms with Crippen LogP contribution in [0.5, 0.6) is 11.5 Å². The molecule has 0 fully saturated rings. The first-order chi connectivity index (χ1) is 10.6. The third-order valence-corrected chi connectivity index (χ3v) is 3.14. The number of phenolic OH excluding ortho intramolecular Hbond substituents is 1. The summed E-state index contributed by atoms with van der Waals surface area (Å²) in [7, 11) is 0. The van der Waals surface area contributed by atoms with Gasteiger partial charge in [0.15, 0.2) is 11.5 Å². The van der Waals surface area contributed by atoms with E-state index in [1.54, 1.807) is 24.3 Å². The van der Waals surface area contributed by atoms with Gasteiger partial charge in [-0.2, -0.15) is 5.10 Å². The van der Waals surface area contributed by atoms with E-state index in [-0.39, 0.29) is 11.7 Å². The molecule has 1 amide bonds. The van der Waals surface area contributed by atoms with Crippen LogP contribution < -0.4 is 10.2 Å². The molecule has 0 radical (unpaired) electrons. The van der Waals surface area contributed by atoms with Gasteiger partial charge in [0.2, 0.25) is 0 Å². The molecule has 0 saturated carbocycles. The molecule has 2 aromatic rings. The lowest BCUT2D eigenvalue weighted by molar-refractivity contribution is 0.0955. The zero-order chi connectivity index (χ0) is 15.9. The molecular formula is C15H14BrN3O3. The molecule has 7 heteroatoms. The van der Waals surface area contributed by atoms with Gasteiger partial charge in [0.05, 0.1) is 12.8 Å². The molecule has 0 aliphatic heterocycles. The summed E-state index contributed by atoms with van der Waals surface area (Å²) in [6.45, 7) is 2.25. The second kappa shape index (κ2) is 7.56. The van der Waals surface area contributed by atoms with Crippen LogP contribution in [0.2, 0.25) is 0 Å². The number of rotatable bonds is 5. The number of pyridine rings is 1. The Balaban J connectivity index is 2.12. The van der Waals surface area contributed by atoms with E-state index >= 15 is 0 Å². The highest BCUT2D eigenvalue weighted by Gasteiger charge is 2.09. The minimum absolute atomic E-state index is 0.0352. The fourth-order valence-corrected chi connectivity index (χ4v) is 2.14. The average Bonchev–Trinajstić information content (AvgIpc) is 2.52. The van der Waals surface area contributed by atoms with Crippen LogP contribution in [0.3, 0.4) is 0 Å². The van der Waals surface area contributed by atoms with Crippen molar-refractivity contribution in [2.24, 2.45) is 5.10 Å². The maximum absolute atomic E-state index is 11.8. The number of hydrazone groups is 1. The Labute approximate surface area is 136 Å². The van der Waals surface area contributed by atoms with Gasteiger partial charge in [-0.3, -0.25) is 9.78 Å². The van der Waals surface area contributed by atoms with E-state index < -0.39 is 0 Å². The van der Waals surface area contributed by atoms with Gasteiger partial charge in [-0.15, -0.1) is 0 Å². The molecule has 2 rings (SSSR count). The van der Waals surface area contributed by atoms with Crippen molar-refractivity contribution >= 4 is 28.1 Å². The lowest BCUT2D eigenvalue weighted by atomic mass is 10.2. The highest BCUT2D eigenvalue weighted by Crippen LogP contribution is 2.32. The summed E-state index contributed by atoms with van der Waals surface area (Å²) in [5, 5.41) is 13.9. The van der Waals surface area contributed by atoms with Gasteiger partial charge in [-0.05, 0) is 31.2 Å². The first-order valence-electron chi connectivity index (χ1n) is 6.50. The van der Waals surface area contributed by atoms with Crippen LogP contribution in [0.4, 0.5) is 0 Å². The Morgan fingerprint density at radius 2 is 2.18 bits per heavy atom. The normalized spacial score (nSPS) is 10.6. The Morgan fingerprint density at radius 1 is 1.45 bits per heavy atom. The maximum atomic E-state index is 11.8. The van der Waals surface area contributed by atoms with Crippen molar-refractivity contribution in [2.75, 3.05) is 6.61 Å². The zero-order valence-corrected chi connectivity index (χ0v) is 13.4. The van der Waals surface area contributed by atoms with Crippen molar-refractivity contribution in [3.05, 3.63) is 52.3 Å². The SMILES string of the molecule is CCOc1cc(Br)cc(/C=N/NC(=O)c2ccncc2)c1O. The fourth-order valence-electron chi connectivity index (χ4n) is 1.69. The van der Waals surface area contributed by atoms with E-state index in [1.165, 1.54) is 18.6 Å². The summed E-state index contributed by atoms with van der Waals surface area (Å²) in [5.74, 6) is -0.0519. The van der Waals surface area contributed by atoms with Gasteiger partial charge in [0, 0.05) is 28.0 Å². The molecule has 0 saturated heterocycles. The number of aromatic nitrogens is 1. The van der Waals surface area contributed by atoms with Crippen molar-refractivity contribution in [1.29, 1.82) is 0 Å². The maximum Gasteiger partial charge on any atom is 0.271 e. The zero-order valence-electron chi connectivity index (χ0n) is 11.8. The van der Waals surface area contributed by atoms with Crippen molar-refractivity contribution in [3.8, 4) is 11.5 Å². The molecule has 22 heavy (non-hydrogen) atoms.